The number of anilines is 1. The molecule has 0 radical (unpaired) electrons. The summed E-state index contributed by atoms with van der Waals surface area (Å²) in [7, 11) is 0. The van der Waals surface area contributed by atoms with Crippen LogP contribution >= 0.6 is 11.3 Å². The molecule has 1 atom stereocenters. The number of alkyl halides is 3. The van der Waals surface area contributed by atoms with E-state index in [1.54, 1.807) is 0 Å². The maximum Gasteiger partial charge on any atom is 0.573 e. The zero-order valence-corrected chi connectivity index (χ0v) is 16.6. The fourth-order valence-corrected chi connectivity index (χ4v) is 3.82. The van der Waals surface area contributed by atoms with Gasteiger partial charge < -0.3 is 15.8 Å². The molecule has 1 aromatic heterocycles. The van der Waals surface area contributed by atoms with Crippen LogP contribution in [0.25, 0.3) is 10.2 Å². The standard InChI is InChI=1S/C18H21F3N4O3S/c1-9(2)13(22)14(26)25-17(6-3-7-17)15(27)24-16-23-11-5-4-10(8-12(11)29-16)28-18(19,20)21/h4-5,8-9,13H,3,6-7,22H2,1-2H3,(H,25,26)(H,23,24,27). The Labute approximate surface area is 168 Å². The minimum Gasteiger partial charge on any atom is -0.406 e. The number of carbonyl (C=O) groups excluding carboxylic acids is 2. The number of aromatic nitrogens is 1. The van der Waals surface area contributed by atoms with Crippen molar-refractivity contribution in [3.8, 4) is 5.75 Å². The summed E-state index contributed by atoms with van der Waals surface area (Å²) in [4.78, 5) is 29.3. The van der Waals surface area contributed by atoms with E-state index < -0.39 is 29.8 Å². The number of hydrogen-bond donors (Lipinski definition) is 3. The van der Waals surface area contributed by atoms with Crippen molar-refractivity contribution < 1.29 is 27.5 Å². The number of hydrogen-bond acceptors (Lipinski definition) is 6. The Kier molecular flexibility index (Phi) is 5.72. The van der Waals surface area contributed by atoms with E-state index in [1.807, 2.05) is 13.8 Å². The van der Waals surface area contributed by atoms with Crippen molar-refractivity contribution in [3.05, 3.63) is 18.2 Å². The molecule has 1 fully saturated rings. The number of halogens is 3. The Bertz CT molecular complexity index is 925. The van der Waals surface area contributed by atoms with Gasteiger partial charge in [-0.3, -0.25) is 14.9 Å². The molecule has 1 saturated carbocycles. The molecule has 3 rings (SSSR count). The largest absolute Gasteiger partial charge is 0.573 e. The number of rotatable bonds is 6. The lowest BCUT2D eigenvalue weighted by Gasteiger charge is -2.41. The molecule has 29 heavy (non-hydrogen) atoms. The predicted octanol–water partition coefficient (Wildman–Crippen LogP) is 3.16. The van der Waals surface area contributed by atoms with Gasteiger partial charge in [-0.2, -0.15) is 0 Å². The van der Waals surface area contributed by atoms with Crippen LogP contribution in [0.5, 0.6) is 5.75 Å². The summed E-state index contributed by atoms with van der Waals surface area (Å²) in [5.41, 5.74) is 5.24. The molecule has 0 aliphatic heterocycles. The third-order valence-electron chi connectivity index (χ3n) is 4.84. The molecule has 2 aromatic rings. The monoisotopic (exact) mass is 430 g/mol. The van der Waals surface area contributed by atoms with E-state index in [-0.39, 0.29) is 16.8 Å². The van der Waals surface area contributed by atoms with Crippen LogP contribution in [0.4, 0.5) is 18.3 Å². The summed E-state index contributed by atoms with van der Waals surface area (Å²) in [6.45, 7) is 3.63. The summed E-state index contributed by atoms with van der Waals surface area (Å²) >= 11 is 1.02. The number of nitrogens with one attached hydrogen (secondary N) is 2. The van der Waals surface area contributed by atoms with Gasteiger partial charge in [0.15, 0.2) is 5.13 Å². The summed E-state index contributed by atoms with van der Waals surface area (Å²) in [5, 5.41) is 5.65. The topological polar surface area (TPSA) is 106 Å². The molecule has 0 spiro atoms. The fourth-order valence-electron chi connectivity index (χ4n) is 2.93. The van der Waals surface area contributed by atoms with E-state index in [4.69, 9.17) is 5.73 Å². The van der Waals surface area contributed by atoms with Gasteiger partial charge in [0.1, 0.15) is 11.3 Å². The number of fused-ring (bicyclic) bond motifs is 1. The zero-order valence-electron chi connectivity index (χ0n) is 15.8. The van der Waals surface area contributed by atoms with Gasteiger partial charge in [-0.05, 0) is 37.3 Å². The van der Waals surface area contributed by atoms with Crippen molar-refractivity contribution in [3.63, 3.8) is 0 Å². The molecule has 1 heterocycles. The second-order valence-electron chi connectivity index (χ2n) is 7.35. The molecular formula is C18H21F3N4O3S. The van der Waals surface area contributed by atoms with Crippen LogP contribution in [-0.2, 0) is 9.59 Å². The van der Waals surface area contributed by atoms with Crippen molar-refractivity contribution in [2.24, 2.45) is 11.7 Å². The van der Waals surface area contributed by atoms with Crippen LogP contribution in [0.2, 0.25) is 0 Å². The first kappa shape index (κ1) is 21.3. The molecular weight excluding hydrogens is 409 g/mol. The quantitative estimate of drug-likeness (QED) is 0.653. The summed E-state index contributed by atoms with van der Waals surface area (Å²) in [6.07, 6.45) is -3.06. The van der Waals surface area contributed by atoms with Crippen molar-refractivity contribution >= 4 is 38.5 Å². The molecule has 0 bridgehead atoms. The molecule has 1 unspecified atom stereocenters. The van der Waals surface area contributed by atoms with E-state index in [1.165, 1.54) is 12.1 Å². The molecule has 1 aromatic carbocycles. The third-order valence-corrected chi connectivity index (χ3v) is 5.77. The highest BCUT2D eigenvalue weighted by atomic mass is 32.1. The third kappa shape index (κ3) is 4.78. The molecule has 1 aliphatic rings. The van der Waals surface area contributed by atoms with Crippen LogP contribution in [0.1, 0.15) is 33.1 Å². The van der Waals surface area contributed by atoms with Crippen molar-refractivity contribution in [2.45, 2.75) is 51.1 Å². The first-order valence-electron chi connectivity index (χ1n) is 9.04. The molecule has 1 aliphatic carbocycles. The lowest BCUT2D eigenvalue weighted by Crippen LogP contribution is -2.64. The number of thiazole rings is 1. The summed E-state index contributed by atoms with van der Waals surface area (Å²) in [5.74, 6) is -1.25. The summed E-state index contributed by atoms with van der Waals surface area (Å²) < 4.78 is 41.4. The number of amides is 2. The van der Waals surface area contributed by atoms with Crippen molar-refractivity contribution in [1.82, 2.24) is 10.3 Å². The Hall–Kier alpha value is -2.40. The first-order chi connectivity index (χ1) is 13.5. The lowest BCUT2D eigenvalue weighted by molar-refractivity contribution is -0.274. The minimum absolute atomic E-state index is 0.0763. The predicted molar refractivity (Wildman–Crippen MR) is 102 cm³/mol. The first-order valence-corrected chi connectivity index (χ1v) is 9.86. The number of carbonyl (C=O) groups is 2. The van der Waals surface area contributed by atoms with E-state index >= 15 is 0 Å². The highest BCUT2D eigenvalue weighted by Gasteiger charge is 2.46. The van der Waals surface area contributed by atoms with Gasteiger partial charge in [0.25, 0.3) is 5.91 Å². The number of nitrogens with two attached hydrogens (primary N) is 1. The molecule has 11 heteroatoms. The van der Waals surface area contributed by atoms with Gasteiger partial charge in [0.05, 0.1) is 16.3 Å². The molecule has 7 nitrogen and oxygen atoms in total. The highest BCUT2D eigenvalue weighted by molar-refractivity contribution is 7.22. The maximum absolute atomic E-state index is 12.8. The summed E-state index contributed by atoms with van der Waals surface area (Å²) in [6, 6.07) is 3.01. The Morgan fingerprint density at radius 1 is 1.31 bits per heavy atom. The van der Waals surface area contributed by atoms with Gasteiger partial charge in [-0.1, -0.05) is 25.2 Å². The van der Waals surface area contributed by atoms with Crippen LogP contribution in [-0.4, -0.2) is 34.7 Å². The number of ether oxygens (including phenoxy) is 1. The van der Waals surface area contributed by atoms with E-state index in [2.05, 4.69) is 20.4 Å². The van der Waals surface area contributed by atoms with Crippen LogP contribution < -0.4 is 21.1 Å². The second-order valence-corrected chi connectivity index (χ2v) is 8.38. The van der Waals surface area contributed by atoms with Gasteiger partial charge in [0, 0.05) is 6.07 Å². The van der Waals surface area contributed by atoms with Crippen LogP contribution in [0, 0.1) is 5.92 Å². The second kappa shape index (κ2) is 7.79. The van der Waals surface area contributed by atoms with Crippen LogP contribution in [0.15, 0.2) is 18.2 Å². The van der Waals surface area contributed by atoms with Gasteiger partial charge >= 0.3 is 6.36 Å². The molecule has 158 valence electrons. The normalized spacial score (nSPS) is 16.9. The number of nitrogens with zero attached hydrogens (tertiary/aromatic N) is 1. The number of benzene rings is 1. The zero-order chi connectivity index (χ0) is 21.4. The lowest BCUT2D eigenvalue weighted by atomic mass is 9.75. The SMILES string of the molecule is CC(C)C(N)C(=O)NC1(C(=O)Nc2nc3ccc(OC(F)(F)F)cc3s2)CCC1. The highest BCUT2D eigenvalue weighted by Crippen LogP contribution is 2.35. The molecule has 0 saturated heterocycles. The van der Waals surface area contributed by atoms with E-state index in [0.717, 1.165) is 23.8 Å². The van der Waals surface area contributed by atoms with Crippen molar-refractivity contribution in [1.29, 1.82) is 0 Å². The molecule has 2 amide bonds. The van der Waals surface area contributed by atoms with Crippen LogP contribution in [0.3, 0.4) is 0 Å². The fraction of sp³-hybridized carbons (Fsp3) is 0.500. The van der Waals surface area contributed by atoms with Gasteiger partial charge in [0.2, 0.25) is 5.91 Å². The van der Waals surface area contributed by atoms with Gasteiger partial charge in [-0.25, -0.2) is 4.98 Å². The minimum atomic E-state index is -4.79. The smallest absolute Gasteiger partial charge is 0.406 e. The average Bonchev–Trinajstić information content (AvgIpc) is 2.96. The Balaban J connectivity index is 1.73. The molecule has 4 N–H and O–H groups in total. The van der Waals surface area contributed by atoms with Crippen molar-refractivity contribution in [2.75, 3.05) is 5.32 Å². The maximum atomic E-state index is 12.8. The average molecular weight is 430 g/mol. The van der Waals surface area contributed by atoms with E-state index in [9.17, 15) is 22.8 Å². The Morgan fingerprint density at radius 3 is 2.55 bits per heavy atom. The van der Waals surface area contributed by atoms with E-state index in [0.29, 0.717) is 23.1 Å². The van der Waals surface area contributed by atoms with Gasteiger partial charge in [-0.15, -0.1) is 13.2 Å². The Morgan fingerprint density at radius 2 is 2.00 bits per heavy atom.